The van der Waals surface area contributed by atoms with Gasteiger partial charge in [-0.05, 0) is 59.2 Å². The van der Waals surface area contributed by atoms with Crippen molar-refractivity contribution in [1.29, 1.82) is 0 Å². The van der Waals surface area contributed by atoms with Crippen molar-refractivity contribution in [3.8, 4) is 22.6 Å². The van der Waals surface area contributed by atoms with Gasteiger partial charge in [0.15, 0.2) is 0 Å². The summed E-state index contributed by atoms with van der Waals surface area (Å²) in [6.07, 6.45) is -1.38. The maximum absolute atomic E-state index is 13.1. The molecule has 0 spiro atoms. The topological polar surface area (TPSA) is 64.4 Å². The summed E-state index contributed by atoms with van der Waals surface area (Å²) >= 11 is 4.97. The van der Waals surface area contributed by atoms with E-state index in [2.05, 4.69) is 27.4 Å². The number of hydrogen-bond acceptors (Lipinski definition) is 5. The van der Waals surface area contributed by atoms with Crippen molar-refractivity contribution in [1.82, 2.24) is 14.9 Å². The highest BCUT2D eigenvalue weighted by Crippen LogP contribution is 2.25. The second-order valence-corrected chi connectivity index (χ2v) is 7.38. The van der Waals surface area contributed by atoms with Crippen molar-refractivity contribution in [2.24, 2.45) is 5.10 Å². The van der Waals surface area contributed by atoms with E-state index in [0.717, 1.165) is 21.4 Å². The van der Waals surface area contributed by atoms with Crippen LogP contribution in [0.3, 0.4) is 0 Å². The first kappa shape index (κ1) is 22.3. The number of hydrogen-bond donors (Lipinski definition) is 1. The minimum absolute atomic E-state index is 0.0161. The van der Waals surface area contributed by atoms with Crippen LogP contribution in [0, 0.1) is 4.77 Å². The normalized spacial score (nSPS) is 11.3. The molecule has 1 N–H and O–H groups in total. The Morgan fingerprint density at radius 3 is 2.48 bits per heavy atom. The predicted octanol–water partition coefficient (Wildman–Crippen LogP) is 6.02. The summed E-state index contributed by atoms with van der Waals surface area (Å²) in [5.41, 5.74) is 3.67. The van der Waals surface area contributed by atoms with Crippen LogP contribution in [0.25, 0.3) is 11.1 Å². The molecule has 3 aromatic carbocycles. The minimum atomic E-state index is -2.80. The van der Waals surface area contributed by atoms with E-state index < -0.39 is 12.2 Å². The first-order chi connectivity index (χ1) is 16.0. The molecular formula is C24H20F2N4O2S. The monoisotopic (exact) mass is 466 g/mol. The molecule has 0 atom stereocenters. The maximum Gasteiger partial charge on any atom is 0.299 e. The molecule has 0 bridgehead atoms. The Labute approximate surface area is 194 Å². The van der Waals surface area contributed by atoms with E-state index in [1.54, 1.807) is 19.2 Å². The number of methoxy groups -OCH3 is 1. The van der Waals surface area contributed by atoms with Gasteiger partial charge in [-0.1, -0.05) is 42.5 Å². The first-order valence-corrected chi connectivity index (χ1v) is 10.4. The van der Waals surface area contributed by atoms with Gasteiger partial charge in [-0.2, -0.15) is 14.9 Å². The van der Waals surface area contributed by atoms with E-state index in [1.807, 2.05) is 48.5 Å². The summed E-state index contributed by atoms with van der Waals surface area (Å²) in [5.74, 6) is 0.801. The summed E-state index contributed by atoms with van der Waals surface area (Å²) in [6.45, 7) is 0.253. The quantitative estimate of drug-likeness (QED) is 0.255. The molecule has 0 radical (unpaired) electrons. The standard InChI is InChI=1S/C24H20F2N4O2S/c1-31-21-12-7-16(14-27-30-23(22(25)26)28-29-24(30)33)13-19(21)15-32-20-10-8-18(9-11-20)17-5-3-2-4-6-17/h2-14,22H,15H2,1H3,(H,29,33)/b27-14+. The van der Waals surface area contributed by atoms with Gasteiger partial charge in [0.2, 0.25) is 10.6 Å². The van der Waals surface area contributed by atoms with Gasteiger partial charge in [0, 0.05) is 5.56 Å². The lowest BCUT2D eigenvalue weighted by Gasteiger charge is -2.12. The highest BCUT2D eigenvalue weighted by atomic mass is 32.1. The molecule has 1 aromatic heterocycles. The lowest BCUT2D eigenvalue weighted by molar-refractivity contribution is 0.136. The van der Waals surface area contributed by atoms with E-state index >= 15 is 0 Å². The fraction of sp³-hybridized carbons (Fsp3) is 0.125. The van der Waals surface area contributed by atoms with Crippen LogP contribution in [-0.4, -0.2) is 28.2 Å². The zero-order valence-electron chi connectivity index (χ0n) is 17.6. The summed E-state index contributed by atoms with van der Waals surface area (Å²) in [6, 6.07) is 23.2. The van der Waals surface area contributed by atoms with Gasteiger partial charge in [0.05, 0.1) is 13.3 Å². The van der Waals surface area contributed by atoms with E-state index in [4.69, 9.17) is 21.7 Å². The van der Waals surface area contributed by atoms with Crippen LogP contribution in [0.15, 0.2) is 77.9 Å². The van der Waals surface area contributed by atoms with E-state index in [9.17, 15) is 8.78 Å². The zero-order valence-corrected chi connectivity index (χ0v) is 18.4. The summed E-state index contributed by atoms with van der Waals surface area (Å²) in [4.78, 5) is 0. The van der Waals surface area contributed by atoms with Crippen molar-refractivity contribution in [3.63, 3.8) is 0 Å². The van der Waals surface area contributed by atoms with Crippen LogP contribution in [0.1, 0.15) is 23.4 Å². The smallest absolute Gasteiger partial charge is 0.299 e. The third-order valence-electron chi connectivity index (χ3n) is 4.85. The van der Waals surface area contributed by atoms with Gasteiger partial charge in [-0.15, -0.1) is 0 Å². The maximum atomic E-state index is 13.1. The molecule has 0 saturated carbocycles. The number of aromatic amines is 1. The van der Waals surface area contributed by atoms with Crippen molar-refractivity contribution in [3.05, 3.63) is 94.5 Å². The summed E-state index contributed by atoms with van der Waals surface area (Å²) < 4.78 is 38.4. The van der Waals surface area contributed by atoms with Gasteiger partial charge in [-0.25, -0.2) is 13.9 Å². The number of rotatable bonds is 8. The SMILES string of the molecule is COc1ccc(/C=N/n2c(C(F)F)n[nH]c2=S)cc1COc1ccc(-c2ccccc2)cc1. The van der Waals surface area contributed by atoms with Crippen LogP contribution in [0.2, 0.25) is 0 Å². The van der Waals surface area contributed by atoms with Gasteiger partial charge in [-0.3, -0.25) is 0 Å². The Morgan fingerprint density at radius 1 is 1.06 bits per heavy atom. The number of H-pyrrole nitrogens is 1. The molecule has 4 rings (SSSR count). The number of halogens is 2. The third kappa shape index (κ3) is 5.32. The summed E-state index contributed by atoms with van der Waals surface area (Å²) in [7, 11) is 1.57. The van der Waals surface area contributed by atoms with E-state index in [1.165, 1.54) is 6.21 Å². The zero-order chi connectivity index (χ0) is 23.2. The highest BCUT2D eigenvalue weighted by molar-refractivity contribution is 7.71. The minimum Gasteiger partial charge on any atom is -0.496 e. The first-order valence-electron chi connectivity index (χ1n) is 10.00. The molecule has 1 heterocycles. The average Bonchev–Trinajstić information content (AvgIpc) is 3.23. The molecule has 0 fully saturated rings. The number of nitrogens with one attached hydrogen (secondary N) is 1. The summed E-state index contributed by atoms with van der Waals surface area (Å²) in [5, 5.41) is 9.86. The van der Waals surface area contributed by atoms with Crippen molar-refractivity contribution in [2.75, 3.05) is 7.11 Å². The van der Waals surface area contributed by atoms with Crippen LogP contribution >= 0.6 is 12.2 Å². The number of ether oxygens (including phenoxy) is 2. The van der Waals surface area contributed by atoms with E-state index in [-0.39, 0.29) is 11.4 Å². The fourth-order valence-corrected chi connectivity index (χ4v) is 3.39. The molecule has 33 heavy (non-hydrogen) atoms. The largest absolute Gasteiger partial charge is 0.496 e. The van der Waals surface area contributed by atoms with Crippen molar-refractivity contribution >= 4 is 18.4 Å². The van der Waals surface area contributed by atoms with Crippen molar-refractivity contribution in [2.45, 2.75) is 13.0 Å². The molecule has 0 aliphatic rings. The van der Waals surface area contributed by atoms with Gasteiger partial charge in [0.1, 0.15) is 18.1 Å². The molecule has 9 heteroatoms. The highest BCUT2D eigenvalue weighted by Gasteiger charge is 2.16. The lowest BCUT2D eigenvalue weighted by atomic mass is 10.1. The molecule has 6 nitrogen and oxygen atoms in total. The lowest BCUT2D eigenvalue weighted by Crippen LogP contribution is -2.01. The Kier molecular flexibility index (Phi) is 6.89. The average molecular weight is 467 g/mol. The van der Waals surface area contributed by atoms with Gasteiger partial charge < -0.3 is 9.47 Å². The molecular weight excluding hydrogens is 446 g/mol. The van der Waals surface area contributed by atoms with E-state index in [0.29, 0.717) is 17.1 Å². The number of nitrogens with zero attached hydrogens (tertiary/aromatic N) is 3. The molecule has 0 aliphatic heterocycles. The predicted molar refractivity (Wildman–Crippen MR) is 125 cm³/mol. The number of benzene rings is 3. The van der Waals surface area contributed by atoms with Crippen LogP contribution in [0.5, 0.6) is 11.5 Å². The van der Waals surface area contributed by atoms with Crippen LogP contribution < -0.4 is 9.47 Å². The molecule has 0 amide bonds. The third-order valence-corrected chi connectivity index (χ3v) is 5.12. The Balaban J connectivity index is 1.50. The number of alkyl halides is 2. The van der Waals surface area contributed by atoms with Gasteiger partial charge in [0.25, 0.3) is 6.43 Å². The molecule has 0 unspecified atom stereocenters. The second kappa shape index (κ2) is 10.2. The van der Waals surface area contributed by atoms with Crippen LogP contribution in [-0.2, 0) is 6.61 Å². The Hall–Kier alpha value is -3.85. The fourth-order valence-electron chi connectivity index (χ4n) is 3.21. The Morgan fingerprint density at radius 2 is 1.79 bits per heavy atom. The molecule has 0 aliphatic carbocycles. The number of aromatic nitrogens is 3. The van der Waals surface area contributed by atoms with Crippen LogP contribution in [0.4, 0.5) is 8.78 Å². The molecule has 168 valence electrons. The van der Waals surface area contributed by atoms with Gasteiger partial charge >= 0.3 is 0 Å². The van der Waals surface area contributed by atoms with Crippen molar-refractivity contribution < 1.29 is 18.3 Å². The molecule has 0 saturated heterocycles. The second-order valence-electron chi connectivity index (χ2n) is 6.99. The molecule has 4 aromatic rings. The Bertz CT molecular complexity index is 1300.